The first kappa shape index (κ1) is 38.1. The second-order valence-corrected chi connectivity index (χ2v) is 15.6. The highest BCUT2D eigenvalue weighted by Gasteiger charge is 2.35. The third kappa shape index (κ3) is 7.56. The molecule has 1 fully saturated rings. The fraction of sp³-hybridized carbons (Fsp3) is 0.319. The van der Waals surface area contributed by atoms with E-state index < -0.39 is 0 Å². The number of aliphatic imine (C=N–C) groups is 2. The highest BCUT2D eigenvalue weighted by atomic mass is 16.5. The van der Waals surface area contributed by atoms with Crippen LogP contribution in [-0.2, 0) is 0 Å². The molecule has 0 N–H and O–H groups in total. The number of hydrogen-bond donors (Lipinski definition) is 0. The Hall–Kier alpha value is -6.40. The van der Waals surface area contributed by atoms with Crippen molar-refractivity contribution in [3.63, 3.8) is 0 Å². The normalized spacial score (nSPS) is 19.6. The number of carbonyl (C=O) groups excluding carboxylic acids is 2. The maximum Gasteiger partial charge on any atom is 0.260 e. The summed E-state index contributed by atoms with van der Waals surface area (Å²) in [6.07, 6.45) is 9.49. The van der Waals surface area contributed by atoms with Gasteiger partial charge in [-0.25, -0.2) is 0 Å². The lowest BCUT2D eigenvalue weighted by Crippen LogP contribution is -2.44. The standard InChI is InChI=1S/C47H48N6O6/c1-30-6-8-31(9-7-30)33-20-36-26-48-40-24-44(42(56-3)22-38(40)46(54)52(36)28-33)58-18-5-19-59-45-25-41-39(23-43(45)57-4)47(55)53-29-34(21-37(53)27-49-41)32-10-12-35(13-11-32)51-16-14-50(2)15-17-51/h6-13,22-29,36-37H,5,14-21H2,1-4H3/t36-,37-/m0/s1. The highest BCUT2D eigenvalue weighted by molar-refractivity contribution is 6.06. The Morgan fingerprint density at radius 1 is 0.627 bits per heavy atom. The van der Waals surface area contributed by atoms with Gasteiger partial charge in [0.1, 0.15) is 0 Å². The quantitative estimate of drug-likeness (QED) is 0.143. The first-order valence-corrected chi connectivity index (χ1v) is 20.2. The summed E-state index contributed by atoms with van der Waals surface area (Å²) in [5.41, 5.74) is 8.82. The number of methoxy groups -OCH3 is 2. The number of likely N-dealkylation sites (N-methyl/N-ethyl adjacent to an activating group) is 1. The first-order valence-electron chi connectivity index (χ1n) is 20.2. The van der Waals surface area contributed by atoms with Crippen LogP contribution in [0.4, 0.5) is 17.1 Å². The van der Waals surface area contributed by atoms with Crippen LogP contribution in [0.3, 0.4) is 0 Å². The number of carbonyl (C=O) groups is 2. The fourth-order valence-electron chi connectivity index (χ4n) is 8.28. The van der Waals surface area contributed by atoms with Gasteiger partial charge in [-0.15, -0.1) is 0 Å². The lowest BCUT2D eigenvalue weighted by atomic mass is 10.0. The predicted molar refractivity (Wildman–Crippen MR) is 230 cm³/mol. The van der Waals surface area contributed by atoms with Crippen LogP contribution >= 0.6 is 0 Å². The summed E-state index contributed by atoms with van der Waals surface area (Å²) >= 11 is 0. The monoisotopic (exact) mass is 792 g/mol. The Kier molecular flexibility index (Phi) is 10.4. The van der Waals surface area contributed by atoms with Gasteiger partial charge in [-0.05, 0) is 60.5 Å². The number of amides is 2. The summed E-state index contributed by atoms with van der Waals surface area (Å²) in [7, 11) is 5.28. The van der Waals surface area contributed by atoms with E-state index in [-0.39, 0.29) is 23.9 Å². The van der Waals surface area contributed by atoms with Crippen LogP contribution in [0.25, 0.3) is 11.1 Å². The molecule has 12 heteroatoms. The van der Waals surface area contributed by atoms with Crippen molar-refractivity contribution in [1.82, 2.24) is 14.7 Å². The molecule has 0 bridgehead atoms. The van der Waals surface area contributed by atoms with E-state index in [0.717, 1.165) is 48.5 Å². The zero-order valence-corrected chi connectivity index (χ0v) is 33.9. The fourth-order valence-corrected chi connectivity index (χ4v) is 8.28. The molecular formula is C47H48N6O6. The number of fused-ring (bicyclic) bond motifs is 4. The van der Waals surface area contributed by atoms with E-state index in [9.17, 15) is 9.59 Å². The Bertz CT molecular complexity index is 2400. The van der Waals surface area contributed by atoms with Gasteiger partial charge in [-0.2, -0.15) is 0 Å². The summed E-state index contributed by atoms with van der Waals surface area (Å²) < 4.78 is 23.7. The van der Waals surface area contributed by atoms with Gasteiger partial charge in [0.15, 0.2) is 23.0 Å². The maximum absolute atomic E-state index is 13.9. The van der Waals surface area contributed by atoms with E-state index in [1.165, 1.54) is 11.3 Å². The smallest absolute Gasteiger partial charge is 0.260 e. The van der Waals surface area contributed by atoms with E-state index in [1.54, 1.807) is 48.3 Å². The van der Waals surface area contributed by atoms with Crippen LogP contribution in [0.5, 0.6) is 23.0 Å². The summed E-state index contributed by atoms with van der Waals surface area (Å²) in [6, 6.07) is 23.6. The number of rotatable bonds is 11. The van der Waals surface area contributed by atoms with E-state index in [0.29, 0.717) is 78.0 Å². The number of aryl methyl sites for hydroxylation is 1. The average molecular weight is 793 g/mol. The van der Waals surface area contributed by atoms with Crippen molar-refractivity contribution < 1.29 is 28.5 Å². The van der Waals surface area contributed by atoms with Gasteiger partial charge in [0.2, 0.25) is 0 Å². The Morgan fingerprint density at radius 2 is 1.10 bits per heavy atom. The Balaban J connectivity index is 0.824. The molecule has 0 aromatic heterocycles. The molecular weight excluding hydrogens is 745 g/mol. The number of benzene rings is 4. The Morgan fingerprint density at radius 3 is 1.58 bits per heavy atom. The van der Waals surface area contributed by atoms with E-state index in [1.807, 2.05) is 24.8 Å². The average Bonchev–Trinajstić information content (AvgIpc) is 3.84. The first-order chi connectivity index (χ1) is 28.8. The second kappa shape index (κ2) is 16.1. The third-order valence-electron chi connectivity index (χ3n) is 11.8. The van der Waals surface area contributed by atoms with Crippen LogP contribution in [0.2, 0.25) is 0 Å². The number of nitrogens with zero attached hydrogens (tertiary/aromatic N) is 6. The molecule has 5 aliphatic heterocycles. The molecule has 0 radical (unpaired) electrons. The van der Waals surface area contributed by atoms with Crippen LogP contribution < -0.4 is 23.8 Å². The van der Waals surface area contributed by atoms with Crippen molar-refractivity contribution >= 4 is 52.5 Å². The minimum absolute atomic E-state index is 0.130. The maximum atomic E-state index is 13.9. The molecule has 0 aliphatic carbocycles. The Labute approximate surface area is 344 Å². The van der Waals surface area contributed by atoms with Crippen molar-refractivity contribution in [3.05, 3.63) is 113 Å². The lowest BCUT2D eigenvalue weighted by Gasteiger charge is -2.34. The number of piperazine rings is 1. The molecule has 1 saturated heterocycles. The van der Waals surface area contributed by atoms with Crippen LogP contribution in [0.15, 0.2) is 95.2 Å². The summed E-state index contributed by atoms with van der Waals surface area (Å²) in [6.45, 7) is 6.85. The zero-order chi connectivity index (χ0) is 40.6. The van der Waals surface area contributed by atoms with Gasteiger partial charge in [0.25, 0.3) is 11.8 Å². The molecule has 59 heavy (non-hydrogen) atoms. The topological polar surface area (TPSA) is 109 Å². The second-order valence-electron chi connectivity index (χ2n) is 15.6. The zero-order valence-electron chi connectivity index (χ0n) is 33.9. The van der Waals surface area contributed by atoms with Gasteiger partial charge in [-0.1, -0.05) is 42.0 Å². The molecule has 12 nitrogen and oxygen atoms in total. The summed E-state index contributed by atoms with van der Waals surface area (Å²) in [5.74, 6) is 1.62. The van der Waals surface area contributed by atoms with E-state index >= 15 is 0 Å². The molecule has 4 aromatic carbocycles. The molecule has 302 valence electrons. The number of ether oxygens (including phenoxy) is 4. The molecule has 0 spiro atoms. The van der Waals surface area contributed by atoms with Crippen LogP contribution in [0, 0.1) is 6.92 Å². The summed E-state index contributed by atoms with van der Waals surface area (Å²) in [4.78, 5) is 45.5. The van der Waals surface area contributed by atoms with Gasteiger partial charge < -0.3 is 38.5 Å². The van der Waals surface area contributed by atoms with Crippen molar-refractivity contribution in [2.24, 2.45) is 9.98 Å². The van der Waals surface area contributed by atoms with Crippen molar-refractivity contribution in [2.75, 3.05) is 65.6 Å². The molecule has 2 amide bonds. The molecule has 4 aromatic rings. The number of hydrogen-bond acceptors (Lipinski definition) is 10. The van der Waals surface area contributed by atoms with Gasteiger partial charge in [0.05, 0.1) is 62.0 Å². The minimum Gasteiger partial charge on any atom is -0.493 e. The van der Waals surface area contributed by atoms with Crippen molar-refractivity contribution in [3.8, 4) is 23.0 Å². The van der Waals surface area contributed by atoms with E-state index in [4.69, 9.17) is 28.9 Å². The van der Waals surface area contributed by atoms with Crippen LogP contribution in [0.1, 0.15) is 56.7 Å². The molecule has 0 saturated carbocycles. The lowest BCUT2D eigenvalue weighted by molar-refractivity contribution is 0.0809. The molecule has 9 rings (SSSR count). The minimum atomic E-state index is -0.186. The van der Waals surface area contributed by atoms with Crippen LogP contribution in [-0.4, -0.2) is 112 Å². The predicted octanol–water partition coefficient (Wildman–Crippen LogP) is 7.55. The summed E-state index contributed by atoms with van der Waals surface area (Å²) in [5, 5.41) is 0. The van der Waals surface area contributed by atoms with E-state index in [2.05, 4.69) is 72.3 Å². The number of anilines is 1. The molecule has 2 atom stereocenters. The van der Waals surface area contributed by atoms with Gasteiger partial charge in [0, 0.05) is 88.1 Å². The van der Waals surface area contributed by atoms with Gasteiger partial charge >= 0.3 is 0 Å². The molecule has 5 heterocycles. The SMILES string of the molecule is COc1cc2c(cc1OCCCOc1cc3c(cc1OC)C(=O)N1C=C(c4ccc(N5CCN(C)CC5)cc4)C[C@H]1C=N3)N=C[C@@H]1CC(c3ccc(C)cc3)=CN1C2=O. The third-order valence-corrected chi connectivity index (χ3v) is 11.8. The largest absolute Gasteiger partial charge is 0.493 e. The highest BCUT2D eigenvalue weighted by Crippen LogP contribution is 2.42. The molecule has 0 unspecified atom stereocenters. The molecule has 5 aliphatic rings. The van der Waals surface area contributed by atoms with Crippen molar-refractivity contribution in [2.45, 2.75) is 38.3 Å². The van der Waals surface area contributed by atoms with Crippen molar-refractivity contribution in [1.29, 1.82) is 0 Å². The van der Waals surface area contributed by atoms with Gasteiger partial charge in [-0.3, -0.25) is 19.6 Å².